The van der Waals surface area contributed by atoms with Gasteiger partial charge in [0, 0.05) is 24.7 Å². The molecule has 3 aromatic rings. The van der Waals surface area contributed by atoms with Crippen molar-refractivity contribution in [1.82, 2.24) is 4.57 Å². The molecule has 0 saturated heterocycles. The van der Waals surface area contributed by atoms with Crippen LogP contribution in [0.1, 0.15) is 10.4 Å². The van der Waals surface area contributed by atoms with Crippen molar-refractivity contribution in [2.24, 2.45) is 12.0 Å². The van der Waals surface area contributed by atoms with Gasteiger partial charge in [-0.1, -0.05) is 29.5 Å². The first kappa shape index (κ1) is 15.3. The van der Waals surface area contributed by atoms with E-state index in [1.165, 1.54) is 11.3 Å². The molecular formula is C17H16N2O3S. The molecule has 0 saturated carbocycles. The standard InChI is InChI=1S/C17H16N2O3S/c1-19-12-9-13(21-2)14(22-3)10-15(12)23-17(19)18-16(20)11-7-5-4-6-8-11/h4-10H,1-3H3. The van der Waals surface area contributed by atoms with Crippen LogP contribution in [0.2, 0.25) is 0 Å². The number of hydrogen-bond acceptors (Lipinski definition) is 4. The maximum absolute atomic E-state index is 12.3. The van der Waals surface area contributed by atoms with Crippen LogP contribution < -0.4 is 14.3 Å². The molecule has 1 heterocycles. The summed E-state index contributed by atoms with van der Waals surface area (Å²) in [6.07, 6.45) is 0. The lowest BCUT2D eigenvalue weighted by Crippen LogP contribution is -2.13. The summed E-state index contributed by atoms with van der Waals surface area (Å²) in [7, 11) is 5.07. The Labute approximate surface area is 137 Å². The predicted molar refractivity (Wildman–Crippen MR) is 90.2 cm³/mol. The minimum absolute atomic E-state index is 0.258. The number of amides is 1. The van der Waals surface area contributed by atoms with Gasteiger partial charge in [0.1, 0.15) is 0 Å². The molecule has 118 valence electrons. The lowest BCUT2D eigenvalue weighted by atomic mass is 10.2. The molecule has 0 aliphatic heterocycles. The number of carbonyl (C=O) groups excluding carboxylic acids is 1. The Kier molecular flexibility index (Phi) is 4.16. The third-order valence-electron chi connectivity index (χ3n) is 3.53. The van der Waals surface area contributed by atoms with E-state index in [-0.39, 0.29) is 5.91 Å². The molecular weight excluding hydrogens is 312 g/mol. The number of hydrogen-bond donors (Lipinski definition) is 0. The van der Waals surface area contributed by atoms with E-state index in [2.05, 4.69) is 4.99 Å². The first-order valence-electron chi connectivity index (χ1n) is 6.99. The molecule has 0 radical (unpaired) electrons. The molecule has 0 aliphatic carbocycles. The summed E-state index contributed by atoms with van der Waals surface area (Å²) in [6, 6.07) is 12.8. The van der Waals surface area contributed by atoms with Crippen LogP contribution in [0.4, 0.5) is 0 Å². The Morgan fingerprint density at radius 2 is 1.74 bits per heavy atom. The van der Waals surface area contributed by atoms with Crippen LogP contribution in [0.5, 0.6) is 11.5 Å². The van der Waals surface area contributed by atoms with Gasteiger partial charge in [0.25, 0.3) is 5.91 Å². The first-order chi connectivity index (χ1) is 11.1. The fourth-order valence-electron chi connectivity index (χ4n) is 2.29. The summed E-state index contributed by atoms with van der Waals surface area (Å²) in [6.45, 7) is 0. The Hall–Kier alpha value is -2.60. The normalized spacial score (nSPS) is 11.7. The number of thiazole rings is 1. The molecule has 0 aliphatic rings. The number of aryl methyl sites for hydroxylation is 1. The second kappa shape index (κ2) is 6.26. The van der Waals surface area contributed by atoms with Gasteiger partial charge in [-0.3, -0.25) is 4.79 Å². The van der Waals surface area contributed by atoms with Crippen molar-refractivity contribution >= 4 is 27.5 Å². The highest BCUT2D eigenvalue weighted by Gasteiger charge is 2.11. The summed E-state index contributed by atoms with van der Waals surface area (Å²) in [5, 5.41) is 0. The summed E-state index contributed by atoms with van der Waals surface area (Å²) < 4.78 is 13.5. The number of benzene rings is 2. The maximum atomic E-state index is 12.3. The van der Waals surface area contributed by atoms with Crippen LogP contribution >= 0.6 is 11.3 Å². The number of methoxy groups -OCH3 is 2. The minimum Gasteiger partial charge on any atom is -0.493 e. The van der Waals surface area contributed by atoms with Gasteiger partial charge in [0.15, 0.2) is 16.3 Å². The molecule has 1 amide bonds. The Morgan fingerprint density at radius 1 is 1.09 bits per heavy atom. The topological polar surface area (TPSA) is 52.8 Å². The lowest BCUT2D eigenvalue weighted by molar-refractivity contribution is 0.0998. The zero-order chi connectivity index (χ0) is 16.4. The smallest absolute Gasteiger partial charge is 0.279 e. The van der Waals surface area contributed by atoms with E-state index < -0.39 is 0 Å². The SMILES string of the molecule is COc1cc2sc(=NC(=O)c3ccccc3)n(C)c2cc1OC. The summed E-state index contributed by atoms with van der Waals surface area (Å²) in [5.74, 6) is 1.05. The van der Waals surface area contributed by atoms with Crippen molar-refractivity contribution in [2.75, 3.05) is 14.2 Å². The molecule has 5 nitrogen and oxygen atoms in total. The van der Waals surface area contributed by atoms with Crippen LogP contribution in [0.15, 0.2) is 47.5 Å². The predicted octanol–water partition coefficient (Wildman–Crippen LogP) is 3.00. The van der Waals surface area contributed by atoms with Crippen molar-refractivity contribution in [1.29, 1.82) is 0 Å². The minimum atomic E-state index is -0.258. The number of ether oxygens (including phenoxy) is 2. The molecule has 0 N–H and O–H groups in total. The van der Waals surface area contributed by atoms with Gasteiger partial charge < -0.3 is 14.0 Å². The summed E-state index contributed by atoms with van der Waals surface area (Å²) in [4.78, 5) is 17.1. The molecule has 1 aromatic heterocycles. The molecule has 0 atom stereocenters. The Balaban J connectivity index is 2.13. The van der Waals surface area contributed by atoms with Gasteiger partial charge in [-0.05, 0) is 12.1 Å². The van der Waals surface area contributed by atoms with Gasteiger partial charge >= 0.3 is 0 Å². The zero-order valence-corrected chi connectivity index (χ0v) is 13.9. The van der Waals surface area contributed by atoms with Crippen molar-refractivity contribution in [2.45, 2.75) is 0 Å². The third kappa shape index (κ3) is 2.85. The summed E-state index contributed by atoms with van der Waals surface area (Å²) >= 11 is 1.44. The van der Waals surface area contributed by atoms with E-state index in [4.69, 9.17) is 9.47 Å². The second-order valence-electron chi connectivity index (χ2n) is 4.90. The molecule has 0 bridgehead atoms. The van der Waals surface area contributed by atoms with Crippen LogP contribution in [0, 0.1) is 0 Å². The fourth-order valence-corrected chi connectivity index (χ4v) is 3.32. The zero-order valence-electron chi connectivity index (χ0n) is 13.1. The maximum Gasteiger partial charge on any atom is 0.279 e. The first-order valence-corrected chi connectivity index (χ1v) is 7.81. The average molecular weight is 328 g/mol. The monoisotopic (exact) mass is 328 g/mol. The van der Waals surface area contributed by atoms with Crippen LogP contribution in [0.25, 0.3) is 10.2 Å². The van der Waals surface area contributed by atoms with Gasteiger partial charge in [-0.15, -0.1) is 0 Å². The van der Waals surface area contributed by atoms with Crippen molar-refractivity contribution < 1.29 is 14.3 Å². The van der Waals surface area contributed by atoms with Crippen LogP contribution in [0.3, 0.4) is 0 Å². The van der Waals surface area contributed by atoms with E-state index >= 15 is 0 Å². The number of carbonyl (C=O) groups is 1. The largest absolute Gasteiger partial charge is 0.493 e. The van der Waals surface area contributed by atoms with Gasteiger partial charge in [0.05, 0.1) is 24.4 Å². The molecule has 23 heavy (non-hydrogen) atoms. The average Bonchev–Trinajstić information content (AvgIpc) is 2.89. The third-order valence-corrected chi connectivity index (χ3v) is 4.63. The van der Waals surface area contributed by atoms with Crippen molar-refractivity contribution in [3.8, 4) is 11.5 Å². The van der Waals surface area contributed by atoms with E-state index in [9.17, 15) is 4.79 Å². The highest BCUT2D eigenvalue weighted by Crippen LogP contribution is 2.32. The lowest BCUT2D eigenvalue weighted by Gasteiger charge is -2.07. The highest BCUT2D eigenvalue weighted by molar-refractivity contribution is 7.16. The fraction of sp³-hybridized carbons (Fsp3) is 0.176. The van der Waals surface area contributed by atoms with Crippen molar-refractivity contribution in [3.63, 3.8) is 0 Å². The van der Waals surface area contributed by atoms with Crippen LogP contribution in [-0.2, 0) is 7.05 Å². The molecule has 3 rings (SSSR count). The van der Waals surface area contributed by atoms with E-state index in [0.717, 1.165) is 10.2 Å². The second-order valence-corrected chi connectivity index (χ2v) is 5.91. The van der Waals surface area contributed by atoms with Gasteiger partial charge in [-0.25, -0.2) is 0 Å². The highest BCUT2D eigenvalue weighted by atomic mass is 32.1. The quantitative estimate of drug-likeness (QED) is 0.743. The van der Waals surface area contributed by atoms with Crippen molar-refractivity contribution in [3.05, 3.63) is 52.8 Å². The van der Waals surface area contributed by atoms with Gasteiger partial charge in [-0.2, -0.15) is 4.99 Å². The number of fused-ring (bicyclic) bond motifs is 1. The Morgan fingerprint density at radius 3 is 2.39 bits per heavy atom. The molecule has 0 unspecified atom stereocenters. The molecule has 0 fully saturated rings. The van der Waals surface area contributed by atoms with E-state index in [1.807, 2.05) is 41.9 Å². The van der Waals surface area contributed by atoms with E-state index in [1.54, 1.807) is 26.4 Å². The van der Waals surface area contributed by atoms with E-state index in [0.29, 0.717) is 21.9 Å². The number of rotatable bonds is 3. The Bertz CT molecular complexity index is 926. The van der Waals surface area contributed by atoms with Crippen LogP contribution in [-0.4, -0.2) is 24.7 Å². The summed E-state index contributed by atoms with van der Waals surface area (Å²) in [5.41, 5.74) is 1.51. The molecule has 0 spiro atoms. The molecule has 6 heteroatoms. The van der Waals surface area contributed by atoms with Gasteiger partial charge in [0.2, 0.25) is 0 Å². The molecule has 2 aromatic carbocycles. The number of aromatic nitrogens is 1. The number of nitrogens with zero attached hydrogens (tertiary/aromatic N) is 2.